The molecular formula is C13H21NO3. The summed E-state index contributed by atoms with van der Waals surface area (Å²) in [6, 6.07) is 0. The lowest BCUT2D eigenvalue weighted by molar-refractivity contribution is -0.140. The van der Waals surface area contributed by atoms with Crippen molar-refractivity contribution in [3.8, 4) is 0 Å². The maximum atomic E-state index is 11.9. The molecule has 0 heterocycles. The summed E-state index contributed by atoms with van der Waals surface area (Å²) in [4.78, 5) is 22.9. The van der Waals surface area contributed by atoms with E-state index in [1.165, 1.54) is 0 Å². The molecule has 2 saturated carbocycles. The fourth-order valence-corrected chi connectivity index (χ4v) is 2.85. The van der Waals surface area contributed by atoms with Crippen LogP contribution in [0.5, 0.6) is 0 Å². The average molecular weight is 239 g/mol. The van der Waals surface area contributed by atoms with E-state index in [0.29, 0.717) is 17.9 Å². The van der Waals surface area contributed by atoms with E-state index in [0.717, 1.165) is 6.42 Å². The Morgan fingerprint density at radius 2 is 1.76 bits per heavy atom. The Hall–Kier alpha value is -1.06. The second kappa shape index (κ2) is 3.47. The van der Waals surface area contributed by atoms with E-state index in [4.69, 9.17) is 5.11 Å². The lowest BCUT2D eigenvalue weighted by Gasteiger charge is -2.07. The molecule has 2 aliphatic carbocycles. The van der Waals surface area contributed by atoms with Gasteiger partial charge in [0, 0.05) is 6.54 Å². The summed E-state index contributed by atoms with van der Waals surface area (Å²) < 4.78 is 0. The lowest BCUT2D eigenvalue weighted by Crippen LogP contribution is -2.29. The molecule has 2 rings (SSSR count). The van der Waals surface area contributed by atoms with E-state index in [9.17, 15) is 9.59 Å². The number of hydrogen-bond donors (Lipinski definition) is 2. The molecule has 0 aliphatic heterocycles. The molecule has 3 atom stereocenters. The van der Waals surface area contributed by atoms with Gasteiger partial charge in [-0.3, -0.25) is 9.59 Å². The van der Waals surface area contributed by atoms with Crippen molar-refractivity contribution in [1.82, 2.24) is 5.32 Å². The van der Waals surface area contributed by atoms with Crippen LogP contribution in [0, 0.1) is 28.6 Å². The summed E-state index contributed by atoms with van der Waals surface area (Å²) in [6.07, 6.45) is 1.14. The summed E-state index contributed by atoms with van der Waals surface area (Å²) in [5.41, 5.74) is -0.0481. The zero-order valence-electron chi connectivity index (χ0n) is 10.9. The van der Waals surface area contributed by atoms with Crippen LogP contribution in [-0.4, -0.2) is 23.5 Å². The number of rotatable bonds is 4. The zero-order chi connectivity index (χ0) is 13.0. The fraction of sp³-hybridized carbons (Fsp3) is 0.846. The van der Waals surface area contributed by atoms with Gasteiger partial charge in [0.25, 0.3) is 0 Å². The second-order valence-electron chi connectivity index (χ2n) is 6.75. The first-order valence-corrected chi connectivity index (χ1v) is 6.18. The van der Waals surface area contributed by atoms with Crippen molar-refractivity contribution < 1.29 is 14.7 Å². The maximum Gasteiger partial charge on any atom is 0.307 e. The van der Waals surface area contributed by atoms with Crippen LogP contribution in [0.15, 0.2) is 0 Å². The van der Waals surface area contributed by atoms with Gasteiger partial charge in [0.1, 0.15) is 0 Å². The largest absolute Gasteiger partial charge is 0.481 e. The highest BCUT2D eigenvalue weighted by atomic mass is 16.4. The van der Waals surface area contributed by atoms with Gasteiger partial charge in [-0.25, -0.2) is 0 Å². The summed E-state index contributed by atoms with van der Waals surface area (Å²) in [6.45, 7) is 8.74. The zero-order valence-corrected chi connectivity index (χ0v) is 10.9. The fourth-order valence-electron chi connectivity index (χ4n) is 2.85. The Balaban J connectivity index is 1.84. The maximum absolute atomic E-state index is 11.9. The Bertz CT molecular complexity index is 373. The van der Waals surface area contributed by atoms with Crippen molar-refractivity contribution in [3.05, 3.63) is 0 Å². The summed E-state index contributed by atoms with van der Waals surface area (Å²) >= 11 is 0. The lowest BCUT2D eigenvalue weighted by atomic mass is 10.1. The Morgan fingerprint density at radius 1 is 1.24 bits per heavy atom. The van der Waals surface area contributed by atoms with E-state index in [-0.39, 0.29) is 11.8 Å². The minimum atomic E-state index is -0.859. The molecular weight excluding hydrogens is 218 g/mol. The molecule has 0 saturated heterocycles. The highest BCUT2D eigenvalue weighted by Crippen LogP contribution is 2.58. The molecule has 2 aliphatic rings. The molecule has 0 aromatic heterocycles. The molecule has 0 aromatic carbocycles. The number of amides is 1. The predicted molar refractivity (Wildman–Crippen MR) is 63.3 cm³/mol. The smallest absolute Gasteiger partial charge is 0.307 e. The quantitative estimate of drug-likeness (QED) is 0.781. The van der Waals surface area contributed by atoms with E-state index in [1.807, 2.05) is 13.8 Å². The second-order valence-corrected chi connectivity index (χ2v) is 6.75. The number of hydrogen-bond acceptors (Lipinski definition) is 2. The number of carboxylic acids is 1. The van der Waals surface area contributed by atoms with Crippen molar-refractivity contribution in [2.75, 3.05) is 6.54 Å². The van der Waals surface area contributed by atoms with Crippen LogP contribution >= 0.6 is 0 Å². The van der Waals surface area contributed by atoms with Crippen molar-refractivity contribution >= 4 is 11.9 Å². The molecule has 2 fully saturated rings. The van der Waals surface area contributed by atoms with Crippen LogP contribution in [0.4, 0.5) is 0 Å². The topological polar surface area (TPSA) is 66.4 Å². The Kier molecular flexibility index (Phi) is 2.53. The van der Waals surface area contributed by atoms with Crippen molar-refractivity contribution in [2.24, 2.45) is 28.6 Å². The molecule has 96 valence electrons. The van der Waals surface area contributed by atoms with E-state index >= 15 is 0 Å². The summed E-state index contributed by atoms with van der Waals surface area (Å²) in [5, 5.41) is 11.9. The van der Waals surface area contributed by atoms with Gasteiger partial charge in [-0.2, -0.15) is 0 Å². The molecule has 2 N–H and O–H groups in total. The van der Waals surface area contributed by atoms with Gasteiger partial charge in [-0.1, -0.05) is 27.7 Å². The van der Waals surface area contributed by atoms with Crippen LogP contribution < -0.4 is 5.32 Å². The first-order chi connectivity index (χ1) is 7.68. The molecule has 4 heteroatoms. The molecule has 1 unspecified atom stereocenters. The number of aliphatic carboxylic acids is 1. The first kappa shape index (κ1) is 12.4. The standard InChI is InChI=1S/C13H21NO3/c1-12(2)5-7(12)6-14-10(15)8-9(11(16)17)13(8,3)4/h7-9H,5-6H2,1-4H3,(H,14,15)(H,16,17)/t7?,8-,9+/m1/s1. The Morgan fingerprint density at radius 3 is 2.12 bits per heavy atom. The SMILES string of the molecule is CC1(C)CC1CNC(=O)[C@H]1[C@@H](C(=O)O)C1(C)C. The van der Waals surface area contributed by atoms with Crippen LogP contribution in [0.1, 0.15) is 34.1 Å². The van der Waals surface area contributed by atoms with Crippen LogP contribution in [0.3, 0.4) is 0 Å². The van der Waals surface area contributed by atoms with Crippen LogP contribution in [0.25, 0.3) is 0 Å². The van der Waals surface area contributed by atoms with E-state index in [1.54, 1.807) is 0 Å². The van der Waals surface area contributed by atoms with E-state index < -0.39 is 17.3 Å². The third-order valence-electron chi connectivity index (χ3n) is 4.62. The third kappa shape index (κ3) is 2.05. The summed E-state index contributed by atoms with van der Waals surface area (Å²) in [5.74, 6) is -1.28. The highest BCUT2D eigenvalue weighted by Gasteiger charge is 2.66. The van der Waals surface area contributed by atoms with Crippen LogP contribution in [0.2, 0.25) is 0 Å². The summed E-state index contributed by atoms with van der Waals surface area (Å²) in [7, 11) is 0. The van der Waals surface area contributed by atoms with Gasteiger partial charge in [0.15, 0.2) is 0 Å². The van der Waals surface area contributed by atoms with Crippen molar-refractivity contribution in [1.29, 1.82) is 0 Å². The molecule has 0 radical (unpaired) electrons. The molecule has 0 aromatic rings. The van der Waals surface area contributed by atoms with E-state index in [2.05, 4.69) is 19.2 Å². The molecule has 17 heavy (non-hydrogen) atoms. The normalized spacial score (nSPS) is 36.1. The van der Waals surface area contributed by atoms with Gasteiger partial charge in [0.2, 0.25) is 5.91 Å². The minimum absolute atomic E-state index is 0.0925. The van der Waals surface area contributed by atoms with Gasteiger partial charge >= 0.3 is 5.97 Å². The molecule has 0 bridgehead atoms. The Labute approximate surface area is 102 Å². The van der Waals surface area contributed by atoms with Gasteiger partial charge in [-0.05, 0) is 23.2 Å². The predicted octanol–water partition coefficient (Wildman–Crippen LogP) is 1.51. The van der Waals surface area contributed by atoms with Gasteiger partial charge in [-0.15, -0.1) is 0 Å². The number of carboxylic acid groups (broad SMARTS) is 1. The average Bonchev–Trinajstić information content (AvgIpc) is 2.96. The number of carbonyl (C=O) groups is 2. The number of nitrogens with one attached hydrogen (secondary N) is 1. The van der Waals surface area contributed by atoms with Gasteiger partial charge in [0.05, 0.1) is 11.8 Å². The molecule has 0 spiro atoms. The first-order valence-electron chi connectivity index (χ1n) is 6.18. The van der Waals surface area contributed by atoms with Crippen molar-refractivity contribution in [3.63, 3.8) is 0 Å². The monoisotopic (exact) mass is 239 g/mol. The van der Waals surface area contributed by atoms with Gasteiger partial charge < -0.3 is 10.4 Å². The molecule has 4 nitrogen and oxygen atoms in total. The van der Waals surface area contributed by atoms with Crippen LogP contribution in [-0.2, 0) is 9.59 Å². The molecule has 1 amide bonds. The third-order valence-corrected chi connectivity index (χ3v) is 4.62. The minimum Gasteiger partial charge on any atom is -0.481 e. The highest BCUT2D eigenvalue weighted by molar-refractivity contribution is 5.91. The van der Waals surface area contributed by atoms with Crippen molar-refractivity contribution in [2.45, 2.75) is 34.1 Å². The number of carbonyl (C=O) groups excluding carboxylic acids is 1.